The third-order valence-electron chi connectivity index (χ3n) is 6.52. The van der Waals surface area contributed by atoms with Crippen LogP contribution in [0.5, 0.6) is 0 Å². The molecule has 4 rings (SSSR count). The smallest absolute Gasteiger partial charge is 0.255 e. The molecule has 2 N–H and O–H groups in total. The number of carbonyl (C=O) groups excluding carboxylic acids is 2. The molecule has 2 unspecified atom stereocenters. The molecule has 2 heterocycles. The summed E-state index contributed by atoms with van der Waals surface area (Å²) in [7, 11) is 0. The lowest BCUT2D eigenvalue weighted by molar-refractivity contribution is -0.114. The van der Waals surface area contributed by atoms with Gasteiger partial charge in [-0.3, -0.25) is 9.59 Å². The van der Waals surface area contributed by atoms with Gasteiger partial charge in [-0.2, -0.15) is 0 Å². The van der Waals surface area contributed by atoms with E-state index in [0.29, 0.717) is 30.5 Å². The quantitative estimate of drug-likeness (QED) is 0.591. The largest absolute Gasteiger partial charge is 0.385 e. The molecule has 0 bridgehead atoms. The Balaban J connectivity index is 1.25. The molecule has 8 heteroatoms. The second-order valence-corrected chi connectivity index (χ2v) is 9.51. The molecule has 0 aliphatic carbocycles. The molecule has 2 atom stereocenters. The Morgan fingerprint density at radius 3 is 2.48 bits per heavy atom. The highest BCUT2D eigenvalue weighted by atomic mass is 35.5. The summed E-state index contributed by atoms with van der Waals surface area (Å²) in [5, 5.41) is 6.78. The number of aryl methyl sites for hydroxylation is 1. The molecule has 0 spiro atoms. The predicted octanol–water partition coefficient (Wildman–Crippen LogP) is 4.25. The number of carbonyl (C=O) groups is 2. The molecule has 2 fully saturated rings. The highest BCUT2D eigenvalue weighted by molar-refractivity contribution is 6.31. The fourth-order valence-corrected chi connectivity index (χ4v) is 5.02. The minimum atomic E-state index is -0.482. The molecule has 0 radical (unpaired) electrons. The number of amides is 2. The van der Waals surface area contributed by atoms with Gasteiger partial charge in [-0.15, -0.1) is 0 Å². The molecule has 2 aliphatic rings. The van der Waals surface area contributed by atoms with Crippen LogP contribution in [-0.4, -0.2) is 60.9 Å². The van der Waals surface area contributed by atoms with Gasteiger partial charge in [-0.05, 0) is 67.6 Å². The molecule has 2 aromatic carbocycles. The second kappa shape index (κ2) is 10.1. The maximum atomic E-state index is 13.6. The molecule has 33 heavy (non-hydrogen) atoms. The molecule has 0 aromatic heterocycles. The van der Waals surface area contributed by atoms with E-state index >= 15 is 0 Å². The number of halogens is 2. The monoisotopic (exact) mass is 472 g/mol. The first-order valence-corrected chi connectivity index (χ1v) is 11.8. The molecule has 176 valence electrons. The Hall–Kier alpha value is -2.64. The zero-order valence-corrected chi connectivity index (χ0v) is 19.8. The van der Waals surface area contributed by atoms with Crippen molar-refractivity contribution in [3.63, 3.8) is 0 Å². The first kappa shape index (κ1) is 23.5. The number of nitrogens with one attached hydrogen (secondary N) is 2. The van der Waals surface area contributed by atoms with Crippen LogP contribution in [0.15, 0.2) is 36.4 Å². The summed E-state index contributed by atoms with van der Waals surface area (Å²) in [6.45, 7) is 8.57. The Morgan fingerprint density at radius 1 is 1.09 bits per heavy atom. The van der Waals surface area contributed by atoms with Crippen LogP contribution in [0.4, 0.5) is 15.8 Å². The van der Waals surface area contributed by atoms with Gasteiger partial charge < -0.3 is 20.4 Å². The van der Waals surface area contributed by atoms with E-state index < -0.39 is 5.82 Å². The maximum absolute atomic E-state index is 13.6. The number of fused-ring (bicyclic) bond motifs is 1. The van der Waals surface area contributed by atoms with Gasteiger partial charge in [-0.25, -0.2) is 4.39 Å². The van der Waals surface area contributed by atoms with Gasteiger partial charge in [0.05, 0.1) is 11.3 Å². The van der Waals surface area contributed by atoms with Gasteiger partial charge in [0.1, 0.15) is 5.82 Å². The number of benzene rings is 2. The lowest BCUT2D eigenvalue weighted by atomic mass is 10.0. The van der Waals surface area contributed by atoms with E-state index in [9.17, 15) is 14.0 Å². The summed E-state index contributed by atoms with van der Waals surface area (Å²) >= 11 is 6.18. The third-order valence-corrected chi connectivity index (χ3v) is 6.93. The molecular formula is C25H30ClFN4O2. The SMILES string of the molecule is CC(=O)Nc1cc(F)ccc1C(=O)N1CC2CN(CCCNc3ccc(C)c(Cl)c3)CC2C1. The van der Waals surface area contributed by atoms with Crippen molar-refractivity contribution in [2.24, 2.45) is 11.8 Å². The van der Waals surface area contributed by atoms with Crippen LogP contribution in [0.3, 0.4) is 0 Å². The maximum Gasteiger partial charge on any atom is 0.255 e. The summed E-state index contributed by atoms with van der Waals surface area (Å²) in [6.07, 6.45) is 1.03. The second-order valence-electron chi connectivity index (χ2n) is 9.11. The van der Waals surface area contributed by atoms with Crippen molar-refractivity contribution in [2.45, 2.75) is 20.3 Å². The number of hydrogen-bond acceptors (Lipinski definition) is 4. The number of anilines is 2. The number of nitrogens with zero attached hydrogens (tertiary/aromatic N) is 2. The summed E-state index contributed by atoms with van der Waals surface area (Å²) < 4.78 is 13.6. The van der Waals surface area contributed by atoms with E-state index in [-0.39, 0.29) is 17.5 Å². The van der Waals surface area contributed by atoms with Crippen LogP contribution < -0.4 is 10.6 Å². The first-order chi connectivity index (χ1) is 15.8. The van der Waals surface area contributed by atoms with Crippen molar-refractivity contribution in [3.8, 4) is 0 Å². The Labute approximate surface area is 199 Å². The van der Waals surface area contributed by atoms with Gasteiger partial charge >= 0.3 is 0 Å². The summed E-state index contributed by atoms with van der Waals surface area (Å²) in [6, 6.07) is 9.94. The fourth-order valence-electron chi connectivity index (χ4n) is 4.84. The Bertz CT molecular complexity index is 1030. The molecule has 0 saturated carbocycles. The zero-order valence-electron chi connectivity index (χ0n) is 19.0. The number of rotatable bonds is 7. The summed E-state index contributed by atoms with van der Waals surface area (Å²) in [5.74, 6) is -0.0710. The van der Waals surface area contributed by atoms with Crippen LogP contribution in [0.1, 0.15) is 29.3 Å². The van der Waals surface area contributed by atoms with Crippen LogP contribution in [-0.2, 0) is 4.79 Å². The predicted molar refractivity (Wildman–Crippen MR) is 129 cm³/mol. The summed E-state index contributed by atoms with van der Waals surface area (Å²) in [4.78, 5) is 28.9. The fraction of sp³-hybridized carbons (Fsp3) is 0.440. The molecular weight excluding hydrogens is 443 g/mol. The van der Waals surface area contributed by atoms with E-state index in [0.717, 1.165) is 48.9 Å². The molecule has 2 aromatic rings. The highest BCUT2D eigenvalue weighted by Crippen LogP contribution is 2.33. The van der Waals surface area contributed by atoms with Crippen LogP contribution >= 0.6 is 11.6 Å². The van der Waals surface area contributed by atoms with E-state index in [1.165, 1.54) is 25.1 Å². The number of likely N-dealkylation sites (tertiary alicyclic amines) is 2. The number of hydrogen-bond donors (Lipinski definition) is 2. The van der Waals surface area contributed by atoms with E-state index in [4.69, 9.17) is 11.6 Å². The minimum Gasteiger partial charge on any atom is -0.385 e. The van der Waals surface area contributed by atoms with Crippen LogP contribution in [0.25, 0.3) is 0 Å². The van der Waals surface area contributed by atoms with Gasteiger partial charge in [-0.1, -0.05) is 17.7 Å². The van der Waals surface area contributed by atoms with Crippen LogP contribution in [0, 0.1) is 24.6 Å². The summed E-state index contributed by atoms with van der Waals surface area (Å²) in [5.41, 5.74) is 2.68. The van der Waals surface area contributed by atoms with Crippen molar-refractivity contribution in [2.75, 3.05) is 49.9 Å². The molecule has 2 aliphatic heterocycles. The molecule has 2 amide bonds. The van der Waals surface area contributed by atoms with Crippen LogP contribution in [0.2, 0.25) is 5.02 Å². The average Bonchev–Trinajstić information content (AvgIpc) is 3.32. The zero-order chi connectivity index (χ0) is 23.5. The van der Waals surface area contributed by atoms with Crippen molar-refractivity contribution in [1.82, 2.24) is 9.80 Å². The van der Waals surface area contributed by atoms with Gasteiger partial charge in [0.15, 0.2) is 0 Å². The topological polar surface area (TPSA) is 64.7 Å². The van der Waals surface area contributed by atoms with Crippen molar-refractivity contribution >= 4 is 34.8 Å². The lowest BCUT2D eigenvalue weighted by Crippen LogP contribution is -2.34. The minimum absolute atomic E-state index is 0.152. The van der Waals surface area contributed by atoms with Gasteiger partial charge in [0.2, 0.25) is 5.91 Å². The Kier molecular flexibility index (Phi) is 7.20. The normalized spacial score (nSPS) is 20.1. The Morgan fingerprint density at radius 2 is 1.82 bits per heavy atom. The average molecular weight is 473 g/mol. The lowest BCUT2D eigenvalue weighted by Gasteiger charge is -2.22. The molecule has 6 nitrogen and oxygen atoms in total. The first-order valence-electron chi connectivity index (χ1n) is 11.4. The molecule has 2 saturated heterocycles. The standard InChI is InChI=1S/C25H30ClFN4O2/c1-16-4-6-21(11-23(16)26)28-8-3-9-30-12-18-14-31(15-19(18)13-30)25(33)22-7-5-20(27)10-24(22)29-17(2)32/h4-7,10-11,18-19,28H,3,8-9,12-15H2,1-2H3,(H,29,32). The van der Waals surface area contributed by atoms with Crippen molar-refractivity contribution in [1.29, 1.82) is 0 Å². The highest BCUT2D eigenvalue weighted by Gasteiger charge is 2.41. The van der Waals surface area contributed by atoms with Gasteiger partial charge in [0, 0.05) is 50.4 Å². The van der Waals surface area contributed by atoms with Crippen molar-refractivity contribution in [3.05, 3.63) is 58.4 Å². The van der Waals surface area contributed by atoms with E-state index in [1.807, 2.05) is 30.0 Å². The third kappa shape index (κ3) is 5.65. The van der Waals surface area contributed by atoms with E-state index in [1.54, 1.807) is 0 Å². The van der Waals surface area contributed by atoms with E-state index in [2.05, 4.69) is 15.5 Å². The van der Waals surface area contributed by atoms with Crippen molar-refractivity contribution < 1.29 is 14.0 Å². The van der Waals surface area contributed by atoms with Gasteiger partial charge in [0.25, 0.3) is 5.91 Å².